The maximum Gasteiger partial charge on any atom is 0.316 e. The number of esters is 1. The average Bonchev–Trinajstić information content (AvgIpc) is 2.48. The summed E-state index contributed by atoms with van der Waals surface area (Å²) in [5.74, 6) is 0.222. The average molecular weight is 261 g/mol. The van der Waals surface area contributed by atoms with Gasteiger partial charge >= 0.3 is 5.97 Å². The third-order valence-electron chi connectivity index (χ3n) is 4.26. The van der Waals surface area contributed by atoms with Crippen LogP contribution in [0.4, 0.5) is 0 Å². The highest BCUT2D eigenvalue weighted by molar-refractivity contribution is 5.84. The Balaban J connectivity index is 2.46. The third kappa shape index (κ3) is 2.52. The molecule has 1 fully saturated rings. The standard InChI is InChI=1S/C16H23NO2/c1-3-7-14-12-17-11-10-16(14,15(18)19-2)13-8-5-4-6-9-13/h4-6,8-9,14,17H,3,7,10-12H2,1-2H3. The van der Waals surface area contributed by atoms with Crippen molar-refractivity contribution in [2.45, 2.75) is 31.6 Å². The molecule has 1 saturated heterocycles. The van der Waals surface area contributed by atoms with Crippen LogP contribution in [-0.4, -0.2) is 26.2 Å². The van der Waals surface area contributed by atoms with Gasteiger partial charge in [-0.15, -0.1) is 0 Å². The summed E-state index contributed by atoms with van der Waals surface area (Å²) in [4.78, 5) is 12.5. The van der Waals surface area contributed by atoms with Crippen molar-refractivity contribution in [1.82, 2.24) is 5.32 Å². The molecule has 1 N–H and O–H groups in total. The van der Waals surface area contributed by atoms with Crippen LogP contribution in [0.5, 0.6) is 0 Å². The molecular formula is C16H23NO2. The smallest absolute Gasteiger partial charge is 0.316 e. The monoisotopic (exact) mass is 261 g/mol. The Hall–Kier alpha value is -1.35. The molecule has 2 rings (SSSR count). The normalized spacial score (nSPS) is 26.9. The molecule has 2 unspecified atom stereocenters. The second-order valence-corrected chi connectivity index (χ2v) is 5.27. The minimum atomic E-state index is -0.475. The fourth-order valence-corrected chi connectivity index (χ4v) is 3.32. The molecule has 3 heteroatoms. The fraction of sp³-hybridized carbons (Fsp3) is 0.562. The Labute approximate surface area is 115 Å². The second kappa shape index (κ2) is 6.20. The van der Waals surface area contributed by atoms with Gasteiger partial charge in [-0.2, -0.15) is 0 Å². The van der Waals surface area contributed by atoms with Gasteiger partial charge in [0, 0.05) is 0 Å². The van der Waals surface area contributed by atoms with E-state index in [1.54, 1.807) is 0 Å². The van der Waals surface area contributed by atoms with E-state index in [-0.39, 0.29) is 5.97 Å². The Kier molecular flexibility index (Phi) is 4.59. The van der Waals surface area contributed by atoms with Gasteiger partial charge in [0.1, 0.15) is 0 Å². The fourth-order valence-electron chi connectivity index (χ4n) is 3.32. The summed E-state index contributed by atoms with van der Waals surface area (Å²) in [5.41, 5.74) is 0.624. The first-order valence-electron chi connectivity index (χ1n) is 7.10. The number of hydrogen-bond donors (Lipinski definition) is 1. The maximum atomic E-state index is 12.5. The third-order valence-corrected chi connectivity index (χ3v) is 4.26. The molecule has 0 saturated carbocycles. The predicted molar refractivity (Wildman–Crippen MR) is 76.0 cm³/mol. The zero-order valence-electron chi connectivity index (χ0n) is 11.8. The number of benzene rings is 1. The zero-order chi connectivity index (χ0) is 13.7. The molecule has 0 amide bonds. The summed E-state index contributed by atoms with van der Waals surface area (Å²) in [6, 6.07) is 10.1. The van der Waals surface area contributed by atoms with E-state index < -0.39 is 5.41 Å². The zero-order valence-corrected chi connectivity index (χ0v) is 11.8. The first kappa shape index (κ1) is 14.1. The lowest BCUT2D eigenvalue weighted by atomic mass is 9.65. The number of rotatable bonds is 4. The molecule has 0 spiro atoms. The molecular weight excluding hydrogens is 238 g/mol. The van der Waals surface area contributed by atoms with Crippen LogP contribution in [0.3, 0.4) is 0 Å². The van der Waals surface area contributed by atoms with E-state index in [4.69, 9.17) is 4.74 Å². The topological polar surface area (TPSA) is 38.3 Å². The van der Waals surface area contributed by atoms with Crippen molar-refractivity contribution in [3.63, 3.8) is 0 Å². The minimum absolute atomic E-state index is 0.0846. The highest BCUT2D eigenvalue weighted by atomic mass is 16.5. The lowest BCUT2D eigenvalue weighted by Gasteiger charge is -2.42. The van der Waals surface area contributed by atoms with E-state index in [0.29, 0.717) is 5.92 Å². The highest BCUT2D eigenvalue weighted by Crippen LogP contribution is 2.41. The maximum absolute atomic E-state index is 12.5. The molecule has 3 nitrogen and oxygen atoms in total. The van der Waals surface area contributed by atoms with E-state index >= 15 is 0 Å². The van der Waals surface area contributed by atoms with E-state index in [9.17, 15) is 4.79 Å². The van der Waals surface area contributed by atoms with Gasteiger partial charge in [0.2, 0.25) is 0 Å². The van der Waals surface area contributed by atoms with Crippen LogP contribution in [0.15, 0.2) is 30.3 Å². The number of nitrogens with one attached hydrogen (secondary N) is 1. The van der Waals surface area contributed by atoms with Gasteiger partial charge in [-0.05, 0) is 37.4 Å². The number of methoxy groups -OCH3 is 1. The summed E-state index contributed by atoms with van der Waals surface area (Å²) < 4.78 is 5.16. The van der Waals surface area contributed by atoms with E-state index in [1.807, 2.05) is 18.2 Å². The Morgan fingerprint density at radius 3 is 2.79 bits per heavy atom. The van der Waals surface area contributed by atoms with Gasteiger partial charge in [-0.25, -0.2) is 0 Å². The quantitative estimate of drug-likeness (QED) is 0.846. The van der Waals surface area contributed by atoms with Gasteiger partial charge in [-0.1, -0.05) is 43.7 Å². The van der Waals surface area contributed by atoms with Crippen molar-refractivity contribution in [3.05, 3.63) is 35.9 Å². The van der Waals surface area contributed by atoms with Crippen LogP contribution in [0.25, 0.3) is 0 Å². The van der Waals surface area contributed by atoms with Crippen LogP contribution in [0.2, 0.25) is 0 Å². The van der Waals surface area contributed by atoms with Crippen LogP contribution in [0, 0.1) is 5.92 Å². The highest BCUT2D eigenvalue weighted by Gasteiger charge is 2.48. The molecule has 104 valence electrons. The van der Waals surface area contributed by atoms with Gasteiger partial charge < -0.3 is 10.1 Å². The summed E-state index contributed by atoms with van der Waals surface area (Å²) in [6.07, 6.45) is 2.93. The molecule has 1 heterocycles. The summed E-state index contributed by atoms with van der Waals surface area (Å²) in [7, 11) is 1.50. The molecule has 0 bridgehead atoms. The van der Waals surface area contributed by atoms with Gasteiger partial charge in [-0.3, -0.25) is 4.79 Å². The molecule has 1 aromatic carbocycles. The van der Waals surface area contributed by atoms with Crippen molar-refractivity contribution < 1.29 is 9.53 Å². The number of carbonyl (C=O) groups excluding carboxylic acids is 1. The molecule has 19 heavy (non-hydrogen) atoms. The molecule has 0 aromatic heterocycles. The van der Waals surface area contributed by atoms with Crippen LogP contribution < -0.4 is 5.32 Å². The molecule has 0 aliphatic carbocycles. The van der Waals surface area contributed by atoms with Gasteiger partial charge in [0.25, 0.3) is 0 Å². The molecule has 2 atom stereocenters. The Morgan fingerprint density at radius 2 is 2.16 bits per heavy atom. The van der Waals surface area contributed by atoms with Crippen molar-refractivity contribution in [3.8, 4) is 0 Å². The number of ether oxygens (including phenoxy) is 1. The lowest BCUT2D eigenvalue weighted by Crippen LogP contribution is -2.53. The lowest BCUT2D eigenvalue weighted by molar-refractivity contribution is -0.151. The number of carbonyl (C=O) groups is 1. The first-order valence-corrected chi connectivity index (χ1v) is 7.10. The van der Waals surface area contributed by atoms with Crippen LogP contribution in [-0.2, 0) is 14.9 Å². The van der Waals surface area contributed by atoms with Crippen molar-refractivity contribution in [2.75, 3.05) is 20.2 Å². The van der Waals surface area contributed by atoms with Gasteiger partial charge in [0.05, 0.1) is 12.5 Å². The van der Waals surface area contributed by atoms with Crippen molar-refractivity contribution in [1.29, 1.82) is 0 Å². The summed E-state index contributed by atoms with van der Waals surface area (Å²) in [6.45, 7) is 3.92. The number of piperidine rings is 1. The molecule has 0 radical (unpaired) electrons. The van der Waals surface area contributed by atoms with E-state index in [2.05, 4.69) is 24.4 Å². The van der Waals surface area contributed by atoms with E-state index in [0.717, 1.165) is 37.9 Å². The molecule has 1 aliphatic rings. The molecule has 1 aromatic rings. The summed E-state index contributed by atoms with van der Waals surface area (Å²) in [5, 5.41) is 3.42. The van der Waals surface area contributed by atoms with Crippen molar-refractivity contribution >= 4 is 5.97 Å². The van der Waals surface area contributed by atoms with E-state index in [1.165, 1.54) is 7.11 Å². The SMILES string of the molecule is CCCC1CNCCC1(C(=O)OC)c1ccccc1. The molecule has 1 aliphatic heterocycles. The minimum Gasteiger partial charge on any atom is -0.468 e. The van der Waals surface area contributed by atoms with Crippen molar-refractivity contribution in [2.24, 2.45) is 5.92 Å². The van der Waals surface area contributed by atoms with Crippen LogP contribution >= 0.6 is 0 Å². The second-order valence-electron chi connectivity index (χ2n) is 5.27. The summed E-state index contributed by atoms with van der Waals surface area (Å²) >= 11 is 0. The Morgan fingerprint density at radius 1 is 1.42 bits per heavy atom. The Bertz CT molecular complexity index is 416. The predicted octanol–water partition coefficient (Wildman–Crippen LogP) is 2.51. The van der Waals surface area contributed by atoms with Gasteiger partial charge in [0.15, 0.2) is 0 Å². The number of hydrogen-bond acceptors (Lipinski definition) is 3. The van der Waals surface area contributed by atoms with Crippen LogP contribution in [0.1, 0.15) is 31.7 Å². The first-order chi connectivity index (χ1) is 9.25. The largest absolute Gasteiger partial charge is 0.468 e.